The van der Waals surface area contributed by atoms with Crippen LogP contribution in [0.1, 0.15) is 31.7 Å². The van der Waals surface area contributed by atoms with Crippen LogP contribution in [0.25, 0.3) is 0 Å². The standard InChI is InChI=1S/C15H22BrNO/c1-11(9-12-5-7-14(16)8-6-12)17-10-13-3-2-4-15(13)18/h5-8,11,13,15,17-18H,2-4,9-10H2,1H3. The Labute approximate surface area is 118 Å². The van der Waals surface area contributed by atoms with Crippen molar-refractivity contribution >= 4 is 15.9 Å². The van der Waals surface area contributed by atoms with Crippen molar-refractivity contribution < 1.29 is 5.11 Å². The van der Waals surface area contributed by atoms with Gasteiger partial charge in [0.1, 0.15) is 0 Å². The zero-order chi connectivity index (χ0) is 13.0. The SMILES string of the molecule is CC(Cc1ccc(Br)cc1)NCC1CCCC1O. The molecule has 0 radical (unpaired) electrons. The summed E-state index contributed by atoms with van der Waals surface area (Å²) in [5.41, 5.74) is 1.35. The van der Waals surface area contributed by atoms with E-state index in [9.17, 15) is 5.11 Å². The van der Waals surface area contributed by atoms with Crippen LogP contribution in [0.5, 0.6) is 0 Å². The highest BCUT2D eigenvalue weighted by atomic mass is 79.9. The van der Waals surface area contributed by atoms with Gasteiger partial charge in [-0.1, -0.05) is 34.5 Å². The Balaban J connectivity index is 1.74. The molecule has 0 heterocycles. The van der Waals surface area contributed by atoms with Gasteiger partial charge in [0.05, 0.1) is 6.10 Å². The molecule has 3 heteroatoms. The van der Waals surface area contributed by atoms with Gasteiger partial charge in [-0.2, -0.15) is 0 Å². The number of nitrogens with one attached hydrogen (secondary N) is 1. The van der Waals surface area contributed by atoms with E-state index < -0.39 is 0 Å². The third kappa shape index (κ3) is 4.08. The molecule has 3 unspecified atom stereocenters. The van der Waals surface area contributed by atoms with E-state index in [2.05, 4.69) is 52.4 Å². The van der Waals surface area contributed by atoms with Crippen molar-refractivity contribution in [1.82, 2.24) is 5.32 Å². The van der Waals surface area contributed by atoms with Crippen LogP contribution in [0, 0.1) is 5.92 Å². The predicted octanol–water partition coefficient (Wildman–Crippen LogP) is 3.13. The van der Waals surface area contributed by atoms with Crippen LogP contribution in [0.4, 0.5) is 0 Å². The number of aliphatic hydroxyl groups excluding tert-OH is 1. The molecule has 0 aliphatic heterocycles. The lowest BCUT2D eigenvalue weighted by Crippen LogP contribution is -2.35. The summed E-state index contributed by atoms with van der Waals surface area (Å²) in [6.07, 6.45) is 4.27. The Morgan fingerprint density at radius 2 is 2.06 bits per heavy atom. The molecule has 2 rings (SSSR count). The molecule has 0 aromatic heterocycles. The molecule has 0 amide bonds. The zero-order valence-electron chi connectivity index (χ0n) is 10.9. The molecule has 18 heavy (non-hydrogen) atoms. The largest absolute Gasteiger partial charge is 0.393 e. The smallest absolute Gasteiger partial charge is 0.0580 e. The van der Waals surface area contributed by atoms with Crippen molar-refractivity contribution in [3.63, 3.8) is 0 Å². The maximum Gasteiger partial charge on any atom is 0.0580 e. The van der Waals surface area contributed by atoms with Gasteiger partial charge in [0, 0.05) is 17.1 Å². The van der Waals surface area contributed by atoms with Gasteiger partial charge in [-0.05, 0) is 49.8 Å². The molecule has 3 atom stereocenters. The zero-order valence-corrected chi connectivity index (χ0v) is 12.5. The van der Waals surface area contributed by atoms with Gasteiger partial charge in [0.2, 0.25) is 0 Å². The molecule has 1 aromatic rings. The maximum atomic E-state index is 9.78. The highest BCUT2D eigenvalue weighted by Crippen LogP contribution is 2.24. The second-order valence-corrected chi connectivity index (χ2v) is 6.31. The summed E-state index contributed by atoms with van der Waals surface area (Å²) >= 11 is 3.45. The molecule has 1 fully saturated rings. The molecule has 0 saturated heterocycles. The fourth-order valence-electron chi connectivity index (χ4n) is 2.65. The summed E-state index contributed by atoms with van der Waals surface area (Å²) in [7, 11) is 0. The molecule has 100 valence electrons. The summed E-state index contributed by atoms with van der Waals surface area (Å²) in [5, 5.41) is 13.3. The van der Waals surface area contributed by atoms with Gasteiger partial charge in [0.25, 0.3) is 0 Å². The fraction of sp³-hybridized carbons (Fsp3) is 0.600. The van der Waals surface area contributed by atoms with E-state index in [0.29, 0.717) is 12.0 Å². The van der Waals surface area contributed by atoms with Gasteiger partial charge >= 0.3 is 0 Å². The average molecular weight is 312 g/mol. The third-order valence-corrected chi connectivity index (χ3v) is 4.33. The Morgan fingerprint density at radius 3 is 2.67 bits per heavy atom. The molecule has 1 aromatic carbocycles. The first-order chi connectivity index (χ1) is 8.65. The average Bonchev–Trinajstić information content (AvgIpc) is 2.75. The van der Waals surface area contributed by atoms with Gasteiger partial charge < -0.3 is 10.4 Å². The molecule has 1 saturated carbocycles. The van der Waals surface area contributed by atoms with Crippen LogP contribution in [-0.4, -0.2) is 23.8 Å². The first kappa shape index (κ1) is 14.0. The van der Waals surface area contributed by atoms with E-state index in [1.807, 2.05) is 0 Å². The quantitative estimate of drug-likeness (QED) is 0.875. The minimum Gasteiger partial charge on any atom is -0.393 e. The van der Waals surface area contributed by atoms with E-state index in [1.54, 1.807) is 0 Å². The Morgan fingerprint density at radius 1 is 1.33 bits per heavy atom. The van der Waals surface area contributed by atoms with E-state index >= 15 is 0 Å². The number of aliphatic hydroxyl groups is 1. The monoisotopic (exact) mass is 311 g/mol. The molecular formula is C15H22BrNO. The molecule has 1 aliphatic rings. The lowest BCUT2D eigenvalue weighted by Gasteiger charge is -2.19. The number of halogens is 1. The fourth-order valence-corrected chi connectivity index (χ4v) is 2.92. The summed E-state index contributed by atoms with van der Waals surface area (Å²) in [5.74, 6) is 0.456. The number of rotatable bonds is 5. The van der Waals surface area contributed by atoms with E-state index in [4.69, 9.17) is 0 Å². The molecule has 2 N–H and O–H groups in total. The number of hydrogen-bond donors (Lipinski definition) is 2. The van der Waals surface area contributed by atoms with Crippen molar-refractivity contribution in [2.45, 2.75) is 44.8 Å². The topological polar surface area (TPSA) is 32.3 Å². The van der Waals surface area contributed by atoms with Gasteiger partial charge in [0.15, 0.2) is 0 Å². The van der Waals surface area contributed by atoms with E-state index in [1.165, 1.54) is 18.4 Å². The number of hydrogen-bond acceptors (Lipinski definition) is 2. The summed E-state index contributed by atoms with van der Waals surface area (Å²) in [4.78, 5) is 0. The second-order valence-electron chi connectivity index (χ2n) is 5.40. The Bertz CT molecular complexity index is 365. The van der Waals surface area contributed by atoms with Crippen LogP contribution < -0.4 is 5.32 Å². The van der Waals surface area contributed by atoms with Crippen molar-refractivity contribution in [1.29, 1.82) is 0 Å². The summed E-state index contributed by atoms with van der Waals surface area (Å²) in [6, 6.07) is 8.95. The predicted molar refractivity (Wildman–Crippen MR) is 78.7 cm³/mol. The van der Waals surface area contributed by atoms with Crippen molar-refractivity contribution in [2.75, 3.05) is 6.54 Å². The van der Waals surface area contributed by atoms with Crippen LogP contribution in [0.3, 0.4) is 0 Å². The molecule has 0 bridgehead atoms. The Kier molecular flexibility index (Phi) is 5.22. The minimum atomic E-state index is -0.0858. The van der Waals surface area contributed by atoms with Crippen molar-refractivity contribution in [2.24, 2.45) is 5.92 Å². The normalized spacial score (nSPS) is 25.3. The first-order valence-corrected chi connectivity index (χ1v) is 7.60. The van der Waals surface area contributed by atoms with E-state index in [0.717, 1.165) is 23.9 Å². The third-order valence-electron chi connectivity index (χ3n) is 3.80. The van der Waals surface area contributed by atoms with Crippen molar-refractivity contribution in [3.05, 3.63) is 34.3 Å². The molecule has 0 spiro atoms. The highest BCUT2D eigenvalue weighted by molar-refractivity contribution is 9.10. The van der Waals surface area contributed by atoms with Crippen LogP contribution >= 0.6 is 15.9 Å². The lowest BCUT2D eigenvalue weighted by atomic mass is 10.0. The van der Waals surface area contributed by atoms with Crippen LogP contribution in [0.2, 0.25) is 0 Å². The lowest BCUT2D eigenvalue weighted by molar-refractivity contribution is 0.130. The number of benzene rings is 1. The van der Waals surface area contributed by atoms with Crippen LogP contribution in [-0.2, 0) is 6.42 Å². The Hall–Kier alpha value is -0.380. The first-order valence-electron chi connectivity index (χ1n) is 6.81. The summed E-state index contributed by atoms with van der Waals surface area (Å²) < 4.78 is 1.13. The van der Waals surface area contributed by atoms with Crippen LogP contribution in [0.15, 0.2) is 28.7 Å². The maximum absolute atomic E-state index is 9.78. The minimum absolute atomic E-state index is 0.0858. The molecule has 2 nitrogen and oxygen atoms in total. The van der Waals surface area contributed by atoms with Gasteiger partial charge in [-0.25, -0.2) is 0 Å². The summed E-state index contributed by atoms with van der Waals surface area (Å²) in [6.45, 7) is 3.15. The van der Waals surface area contributed by atoms with Gasteiger partial charge in [-0.15, -0.1) is 0 Å². The van der Waals surface area contributed by atoms with Crippen molar-refractivity contribution in [3.8, 4) is 0 Å². The second kappa shape index (κ2) is 6.69. The highest BCUT2D eigenvalue weighted by Gasteiger charge is 2.24. The molecule has 1 aliphatic carbocycles. The molecular weight excluding hydrogens is 290 g/mol. The van der Waals surface area contributed by atoms with E-state index in [-0.39, 0.29) is 6.10 Å². The van der Waals surface area contributed by atoms with Gasteiger partial charge in [-0.3, -0.25) is 0 Å².